The van der Waals surface area contributed by atoms with E-state index in [-0.39, 0.29) is 69.2 Å². The number of aromatic nitrogens is 2. The third kappa shape index (κ3) is 5.19. The number of likely N-dealkylation sites (tertiary alicyclic amines) is 1. The second kappa shape index (κ2) is 11.6. The summed E-state index contributed by atoms with van der Waals surface area (Å²) in [6.45, 7) is 5.29. The second-order valence-corrected chi connectivity index (χ2v) is 14.1. The third-order valence-electron chi connectivity index (χ3n) is 10.7. The van der Waals surface area contributed by atoms with Gasteiger partial charge in [-0.15, -0.1) is 18.8 Å². The topological polar surface area (TPSA) is 73.8 Å². The van der Waals surface area contributed by atoms with Crippen LogP contribution < -0.4 is 15.0 Å². The van der Waals surface area contributed by atoms with E-state index in [1.54, 1.807) is 0 Å². The number of piperazine rings is 1. The molecule has 48 heavy (non-hydrogen) atoms. The molecule has 3 aliphatic heterocycles. The van der Waals surface area contributed by atoms with Gasteiger partial charge in [-0.1, -0.05) is 18.9 Å². The molecule has 4 aliphatic rings. The number of rotatable bonds is 6. The van der Waals surface area contributed by atoms with Gasteiger partial charge in [-0.2, -0.15) is 9.97 Å². The Bertz CT molecular complexity index is 2040. The molecule has 0 amide bonds. The number of nitrogens with zero attached hydrogens (tertiary/aromatic N) is 4. The van der Waals surface area contributed by atoms with Crippen LogP contribution in [0.25, 0.3) is 32.8 Å². The van der Waals surface area contributed by atoms with Gasteiger partial charge < -0.3 is 20.1 Å². The Morgan fingerprint density at radius 1 is 1.02 bits per heavy atom. The van der Waals surface area contributed by atoms with E-state index in [1.807, 2.05) is 4.90 Å². The number of ether oxygens (including phenoxy) is 1. The SMILES string of the molecule is C#Cc1c(F)ccc2cc(O)cc(-c3c(F)cc4c(N5C[C@H]6CC[C@@H](C5)N6)nc(OC[C@]5(C)CN(C6CC6)CC[C@H]5C#C)nc4c3F)c12. The third-order valence-corrected chi connectivity index (χ3v) is 10.7. The Morgan fingerprint density at radius 2 is 1.79 bits per heavy atom. The zero-order valence-corrected chi connectivity index (χ0v) is 26.7. The molecule has 4 heterocycles. The highest BCUT2D eigenvalue weighted by Gasteiger charge is 2.44. The van der Waals surface area contributed by atoms with Crippen LogP contribution in [0.2, 0.25) is 0 Å². The van der Waals surface area contributed by atoms with Crippen molar-refractivity contribution < 1.29 is 23.0 Å². The molecule has 3 aromatic carbocycles. The molecule has 2 N–H and O–H groups in total. The predicted molar refractivity (Wildman–Crippen MR) is 179 cm³/mol. The zero-order valence-electron chi connectivity index (χ0n) is 26.7. The number of fused-ring (bicyclic) bond motifs is 4. The van der Waals surface area contributed by atoms with Crippen molar-refractivity contribution in [2.24, 2.45) is 11.3 Å². The Hall–Kier alpha value is -4.51. The molecule has 7 nitrogen and oxygen atoms in total. The Labute approximate surface area is 277 Å². The zero-order chi connectivity index (χ0) is 33.3. The van der Waals surface area contributed by atoms with E-state index in [0.717, 1.165) is 32.4 Å². The molecule has 4 fully saturated rings. The maximum absolute atomic E-state index is 17.0. The van der Waals surface area contributed by atoms with Crippen LogP contribution in [-0.4, -0.2) is 70.9 Å². The highest BCUT2D eigenvalue weighted by Crippen LogP contribution is 2.43. The quantitative estimate of drug-likeness (QED) is 0.248. The van der Waals surface area contributed by atoms with Crippen molar-refractivity contribution in [3.63, 3.8) is 0 Å². The fourth-order valence-electron chi connectivity index (χ4n) is 8.15. The minimum atomic E-state index is -0.985. The normalized spacial score (nSPS) is 25.7. The lowest BCUT2D eigenvalue weighted by Gasteiger charge is -2.44. The summed E-state index contributed by atoms with van der Waals surface area (Å²) < 4.78 is 54.5. The van der Waals surface area contributed by atoms with Crippen molar-refractivity contribution in [3.05, 3.63) is 53.3 Å². The summed E-state index contributed by atoms with van der Waals surface area (Å²) in [6, 6.07) is 7.37. The lowest BCUT2D eigenvalue weighted by molar-refractivity contribution is 0.0200. The summed E-state index contributed by atoms with van der Waals surface area (Å²) >= 11 is 0. The van der Waals surface area contributed by atoms with Crippen molar-refractivity contribution in [1.82, 2.24) is 20.2 Å². The highest BCUT2D eigenvalue weighted by atomic mass is 19.1. The van der Waals surface area contributed by atoms with Crippen LogP contribution in [0.3, 0.4) is 0 Å². The van der Waals surface area contributed by atoms with Gasteiger partial charge >= 0.3 is 6.01 Å². The van der Waals surface area contributed by atoms with E-state index >= 15 is 8.78 Å². The minimum absolute atomic E-state index is 0.0153. The second-order valence-electron chi connectivity index (χ2n) is 14.1. The molecule has 1 aromatic heterocycles. The molecular weight excluding hydrogens is 615 g/mol. The average Bonchev–Trinajstić information content (AvgIpc) is 3.87. The Kier molecular flexibility index (Phi) is 7.43. The molecule has 2 bridgehead atoms. The van der Waals surface area contributed by atoms with E-state index in [1.165, 1.54) is 43.2 Å². The number of terminal acetylenes is 2. The molecule has 3 saturated heterocycles. The standard InChI is InChI=1S/C38H36F3N5O2/c1-4-22-12-13-45(25-9-10-25)19-38(22,3)20-48-37-43-35-29(36(44-37)46-17-23-7-8-24(18-46)42-23)16-31(40)33(34(35)41)28-15-26(47)14-21-6-11-30(39)27(5-2)32(21)28/h1-2,6,11,14-16,22-25,42,47H,7-10,12-13,17-20H2,3H3/t22-,23-,24+,38+/m1/s1. The minimum Gasteiger partial charge on any atom is -0.508 e. The maximum Gasteiger partial charge on any atom is 0.319 e. The van der Waals surface area contributed by atoms with Gasteiger partial charge in [-0.25, -0.2) is 13.2 Å². The number of hydrogen-bond donors (Lipinski definition) is 2. The summed E-state index contributed by atoms with van der Waals surface area (Å²) in [4.78, 5) is 13.9. The molecule has 0 spiro atoms. The van der Waals surface area contributed by atoms with E-state index in [0.29, 0.717) is 30.3 Å². The average molecular weight is 652 g/mol. The van der Waals surface area contributed by atoms with Gasteiger partial charge in [-0.05, 0) is 68.3 Å². The van der Waals surface area contributed by atoms with Gasteiger partial charge in [0.2, 0.25) is 0 Å². The van der Waals surface area contributed by atoms with Gasteiger partial charge in [0.25, 0.3) is 0 Å². The van der Waals surface area contributed by atoms with Crippen LogP contribution in [0.1, 0.15) is 44.6 Å². The number of phenolic OH excluding ortho intramolecular Hbond substituents is 1. The summed E-state index contributed by atoms with van der Waals surface area (Å²) in [5, 5.41) is 14.8. The number of nitrogens with one attached hydrogen (secondary N) is 1. The van der Waals surface area contributed by atoms with Gasteiger partial charge in [0.15, 0.2) is 5.82 Å². The smallest absolute Gasteiger partial charge is 0.319 e. The van der Waals surface area contributed by atoms with Crippen molar-refractivity contribution in [3.8, 4) is 47.6 Å². The van der Waals surface area contributed by atoms with Crippen LogP contribution in [0.15, 0.2) is 30.3 Å². The number of halogens is 3. The first-order chi connectivity index (χ1) is 23.2. The van der Waals surface area contributed by atoms with Crippen LogP contribution >= 0.6 is 0 Å². The van der Waals surface area contributed by atoms with E-state index in [2.05, 4.69) is 34.0 Å². The molecule has 0 unspecified atom stereocenters. The van der Waals surface area contributed by atoms with Crippen molar-refractivity contribution in [1.29, 1.82) is 0 Å². The van der Waals surface area contributed by atoms with Crippen LogP contribution in [0.5, 0.6) is 11.8 Å². The molecule has 4 aromatic rings. The first-order valence-corrected chi connectivity index (χ1v) is 16.6. The number of aromatic hydroxyl groups is 1. The number of piperidine rings is 1. The number of hydrogen-bond acceptors (Lipinski definition) is 7. The number of benzene rings is 3. The Morgan fingerprint density at radius 3 is 2.50 bits per heavy atom. The van der Waals surface area contributed by atoms with E-state index in [4.69, 9.17) is 22.6 Å². The number of anilines is 1. The summed E-state index contributed by atoms with van der Waals surface area (Å²) in [7, 11) is 0. The summed E-state index contributed by atoms with van der Waals surface area (Å²) in [6.07, 6.45) is 16.9. The highest BCUT2D eigenvalue weighted by molar-refractivity contribution is 6.04. The molecule has 1 aliphatic carbocycles. The van der Waals surface area contributed by atoms with E-state index < -0.39 is 23.0 Å². The largest absolute Gasteiger partial charge is 0.508 e. The first-order valence-electron chi connectivity index (χ1n) is 16.6. The van der Waals surface area contributed by atoms with Gasteiger partial charge in [0, 0.05) is 65.4 Å². The molecular formula is C38H36F3N5O2. The predicted octanol–water partition coefficient (Wildman–Crippen LogP) is 6.00. The van der Waals surface area contributed by atoms with Gasteiger partial charge in [-0.3, -0.25) is 4.90 Å². The maximum atomic E-state index is 17.0. The fourth-order valence-corrected chi connectivity index (χ4v) is 8.15. The van der Waals surface area contributed by atoms with E-state index in [9.17, 15) is 9.50 Å². The lowest BCUT2D eigenvalue weighted by atomic mass is 9.73. The van der Waals surface area contributed by atoms with Gasteiger partial charge in [0.05, 0.1) is 17.7 Å². The fraction of sp³-hybridized carbons (Fsp3) is 0.421. The van der Waals surface area contributed by atoms with Gasteiger partial charge in [0.1, 0.15) is 28.7 Å². The monoisotopic (exact) mass is 651 g/mol. The molecule has 8 rings (SSSR count). The molecule has 0 radical (unpaired) electrons. The van der Waals surface area contributed by atoms with Crippen LogP contribution in [-0.2, 0) is 0 Å². The van der Waals surface area contributed by atoms with Crippen molar-refractivity contribution >= 4 is 27.5 Å². The van der Waals surface area contributed by atoms with Crippen molar-refractivity contribution in [2.45, 2.75) is 57.2 Å². The summed E-state index contributed by atoms with van der Waals surface area (Å²) in [5.74, 6) is 2.79. The van der Waals surface area contributed by atoms with Crippen molar-refractivity contribution in [2.75, 3.05) is 37.7 Å². The molecule has 246 valence electrons. The molecule has 1 saturated carbocycles. The molecule has 10 heteroatoms. The van der Waals surface area contributed by atoms with Crippen LogP contribution in [0, 0.1) is 53.5 Å². The summed E-state index contributed by atoms with van der Waals surface area (Å²) in [5.41, 5.74) is -1.24. The lowest BCUT2D eigenvalue weighted by Crippen LogP contribution is -2.51. The van der Waals surface area contributed by atoms with Crippen LogP contribution in [0.4, 0.5) is 19.0 Å². The Balaban J connectivity index is 1.27. The first kappa shape index (κ1) is 30.8. The molecule has 4 atom stereocenters. The number of phenols is 1.